The Bertz CT molecular complexity index is 1150. The minimum Gasteiger partial charge on any atom is -0.461 e. The first-order valence-electron chi connectivity index (χ1n) is 9.23. The van der Waals surface area contributed by atoms with Crippen LogP contribution < -0.4 is 5.32 Å². The van der Waals surface area contributed by atoms with E-state index < -0.39 is 5.97 Å². The Morgan fingerprint density at radius 3 is 2.33 bits per heavy atom. The third-order valence-corrected chi connectivity index (χ3v) is 4.28. The SMILES string of the molecule is CCOC(=O)c1ccn(-c2ccc(NC(=O)c3ccc(-n4cncn4)cc3)cc2)n1. The summed E-state index contributed by atoms with van der Waals surface area (Å²) in [6.07, 6.45) is 4.72. The summed E-state index contributed by atoms with van der Waals surface area (Å²) in [7, 11) is 0. The number of amides is 1. The summed E-state index contributed by atoms with van der Waals surface area (Å²) < 4.78 is 8.12. The molecule has 0 bridgehead atoms. The fraction of sp³-hybridized carbons (Fsp3) is 0.0952. The Kier molecular flexibility index (Phi) is 5.33. The van der Waals surface area contributed by atoms with Gasteiger partial charge in [0.2, 0.25) is 0 Å². The number of ether oxygens (including phenoxy) is 1. The summed E-state index contributed by atoms with van der Waals surface area (Å²) in [6.45, 7) is 2.04. The summed E-state index contributed by atoms with van der Waals surface area (Å²) in [5, 5.41) is 11.1. The van der Waals surface area contributed by atoms with E-state index in [4.69, 9.17) is 4.74 Å². The lowest BCUT2D eigenvalue weighted by Gasteiger charge is -2.08. The van der Waals surface area contributed by atoms with Crippen molar-refractivity contribution in [2.45, 2.75) is 6.92 Å². The zero-order chi connectivity index (χ0) is 20.9. The van der Waals surface area contributed by atoms with Gasteiger partial charge in [-0.2, -0.15) is 10.2 Å². The van der Waals surface area contributed by atoms with Crippen LogP contribution in [0.25, 0.3) is 11.4 Å². The number of aromatic nitrogens is 5. The fourth-order valence-corrected chi connectivity index (χ4v) is 2.79. The molecular formula is C21H18N6O3. The van der Waals surface area contributed by atoms with Gasteiger partial charge in [0.15, 0.2) is 5.69 Å². The minimum absolute atomic E-state index is 0.225. The highest BCUT2D eigenvalue weighted by Gasteiger charge is 2.11. The van der Waals surface area contributed by atoms with Crippen molar-refractivity contribution < 1.29 is 14.3 Å². The zero-order valence-corrected chi connectivity index (χ0v) is 16.1. The summed E-state index contributed by atoms with van der Waals surface area (Å²) in [6, 6.07) is 15.8. The maximum absolute atomic E-state index is 12.5. The van der Waals surface area contributed by atoms with Gasteiger partial charge in [-0.3, -0.25) is 4.79 Å². The summed E-state index contributed by atoms with van der Waals surface area (Å²) in [5.41, 5.74) is 2.97. The molecule has 0 radical (unpaired) electrons. The number of rotatable bonds is 6. The van der Waals surface area contributed by atoms with Gasteiger partial charge in [-0.25, -0.2) is 19.1 Å². The first-order valence-corrected chi connectivity index (χ1v) is 9.23. The topological polar surface area (TPSA) is 104 Å². The zero-order valence-electron chi connectivity index (χ0n) is 16.1. The molecular weight excluding hydrogens is 384 g/mol. The molecule has 2 aromatic carbocycles. The van der Waals surface area contributed by atoms with Crippen LogP contribution in [0.1, 0.15) is 27.8 Å². The Morgan fingerprint density at radius 1 is 0.967 bits per heavy atom. The number of carbonyl (C=O) groups is 2. The van der Waals surface area contributed by atoms with Gasteiger partial charge in [0, 0.05) is 17.4 Å². The van der Waals surface area contributed by atoms with Gasteiger partial charge in [0.25, 0.3) is 5.91 Å². The number of esters is 1. The predicted molar refractivity (Wildman–Crippen MR) is 109 cm³/mol. The van der Waals surface area contributed by atoms with Crippen molar-refractivity contribution in [3.8, 4) is 11.4 Å². The molecule has 2 aromatic heterocycles. The highest BCUT2D eigenvalue weighted by molar-refractivity contribution is 6.04. The van der Waals surface area contributed by atoms with Crippen LogP contribution in [-0.2, 0) is 4.74 Å². The average Bonchev–Trinajstić information content (AvgIpc) is 3.47. The van der Waals surface area contributed by atoms with Crippen LogP contribution in [0.5, 0.6) is 0 Å². The first-order chi connectivity index (χ1) is 14.6. The van der Waals surface area contributed by atoms with E-state index in [0.717, 1.165) is 11.4 Å². The van der Waals surface area contributed by atoms with Crippen molar-refractivity contribution in [3.63, 3.8) is 0 Å². The van der Waals surface area contributed by atoms with Gasteiger partial charge in [-0.05, 0) is 61.5 Å². The van der Waals surface area contributed by atoms with Crippen LogP contribution in [0.2, 0.25) is 0 Å². The highest BCUT2D eigenvalue weighted by atomic mass is 16.5. The van der Waals surface area contributed by atoms with Gasteiger partial charge >= 0.3 is 5.97 Å². The molecule has 0 aliphatic rings. The number of anilines is 1. The van der Waals surface area contributed by atoms with Crippen LogP contribution in [0, 0.1) is 0 Å². The number of carbonyl (C=O) groups excluding carboxylic acids is 2. The fourth-order valence-electron chi connectivity index (χ4n) is 2.79. The van der Waals surface area contributed by atoms with Crippen LogP contribution in [-0.4, -0.2) is 43.0 Å². The van der Waals surface area contributed by atoms with Crippen LogP contribution in [0.3, 0.4) is 0 Å². The second kappa shape index (κ2) is 8.39. The molecule has 0 spiro atoms. The lowest BCUT2D eigenvalue weighted by Crippen LogP contribution is -2.12. The molecule has 150 valence electrons. The Hall–Kier alpha value is -4.27. The van der Waals surface area contributed by atoms with Gasteiger partial charge in [-0.1, -0.05) is 0 Å². The molecule has 30 heavy (non-hydrogen) atoms. The molecule has 0 saturated heterocycles. The largest absolute Gasteiger partial charge is 0.461 e. The maximum atomic E-state index is 12.5. The lowest BCUT2D eigenvalue weighted by molar-refractivity contribution is 0.0519. The quantitative estimate of drug-likeness (QED) is 0.498. The molecule has 4 rings (SSSR count). The molecule has 0 fully saturated rings. The molecule has 0 unspecified atom stereocenters. The van der Waals surface area contributed by atoms with Gasteiger partial charge < -0.3 is 10.1 Å². The van der Waals surface area contributed by atoms with Crippen molar-refractivity contribution in [1.29, 1.82) is 0 Å². The van der Waals surface area contributed by atoms with Gasteiger partial charge in [-0.15, -0.1) is 0 Å². The number of nitrogens with zero attached hydrogens (tertiary/aromatic N) is 5. The van der Waals surface area contributed by atoms with Crippen molar-refractivity contribution in [2.24, 2.45) is 0 Å². The Morgan fingerprint density at radius 2 is 1.67 bits per heavy atom. The lowest BCUT2D eigenvalue weighted by atomic mass is 10.2. The van der Waals surface area contributed by atoms with Crippen LogP contribution in [0.15, 0.2) is 73.4 Å². The molecule has 2 heterocycles. The smallest absolute Gasteiger partial charge is 0.358 e. The monoisotopic (exact) mass is 402 g/mol. The predicted octanol–water partition coefficient (Wildman–Crippen LogP) is 2.88. The number of hydrogen-bond acceptors (Lipinski definition) is 6. The third kappa shape index (κ3) is 4.09. The van der Waals surface area contributed by atoms with E-state index >= 15 is 0 Å². The van der Waals surface area contributed by atoms with Crippen molar-refractivity contribution in [3.05, 3.63) is 84.7 Å². The number of benzene rings is 2. The average molecular weight is 402 g/mol. The van der Waals surface area contributed by atoms with E-state index in [9.17, 15) is 9.59 Å². The molecule has 4 aromatic rings. The van der Waals surface area contributed by atoms with E-state index in [2.05, 4.69) is 20.5 Å². The molecule has 0 atom stereocenters. The van der Waals surface area contributed by atoms with Gasteiger partial charge in [0.05, 0.1) is 18.0 Å². The van der Waals surface area contributed by atoms with E-state index in [1.54, 1.807) is 83.4 Å². The van der Waals surface area contributed by atoms with Crippen molar-refractivity contribution >= 4 is 17.6 Å². The van der Waals surface area contributed by atoms with E-state index in [-0.39, 0.29) is 11.6 Å². The first kappa shape index (κ1) is 19.1. The highest BCUT2D eigenvalue weighted by Crippen LogP contribution is 2.15. The molecule has 0 aliphatic heterocycles. The second-order valence-corrected chi connectivity index (χ2v) is 6.25. The summed E-state index contributed by atoms with van der Waals surface area (Å²) >= 11 is 0. The normalized spacial score (nSPS) is 10.6. The summed E-state index contributed by atoms with van der Waals surface area (Å²) in [5.74, 6) is -0.688. The molecule has 0 aliphatic carbocycles. The van der Waals surface area contributed by atoms with Crippen LogP contribution in [0.4, 0.5) is 5.69 Å². The molecule has 1 N–H and O–H groups in total. The van der Waals surface area contributed by atoms with Gasteiger partial charge in [0.1, 0.15) is 12.7 Å². The van der Waals surface area contributed by atoms with E-state index in [1.807, 2.05) is 0 Å². The van der Waals surface area contributed by atoms with E-state index in [0.29, 0.717) is 17.9 Å². The minimum atomic E-state index is -0.463. The standard InChI is InChI=1S/C21H18N6O3/c1-2-30-21(29)19-11-12-26(25-19)17-9-5-16(6-10-17)24-20(28)15-3-7-18(8-4-15)27-14-22-13-23-27/h3-14H,2H2,1H3,(H,24,28). The Balaban J connectivity index is 1.42. The summed E-state index contributed by atoms with van der Waals surface area (Å²) in [4.78, 5) is 28.1. The van der Waals surface area contributed by atoms with Crippen LogP contribution >= 0.6 is 0 Å². The molecule has 9 heteroatoms. The van der Waals surface area contributed by atoms with E-state index in [1.165, 1.54) is 6.33 Å². The second-order valence-electron chi connectivity index (χ2n) is 6.25. The Labute approximate surface area is 171 Å². The molecule has 9 nitrogen and oxygen atoms in total. The third-order valence-electron chi connectivity index (χ3n) is 4.28. The number of nitrogens with one attached hydrogen (secondary N) is 1. The molecule has 1 amide bonds. The van der Waals surface area contributed by atoms with Crippen molar-refractivity contribution in [1.82, 2.24) is 24.5 Å². The molecule has 0 saturated carbocycles. The van der Waals surface area contributed by atoms with Crippen molar-refractivity contribution in [2.75, 3.05) is 11.9 Å². The maximum Gasteiger partial charge on any atom is 0.358 e. The number of hydrogen-bond donors (Lipinski definition) is 1.